The fourth-order valence-corrected chi connectivity index (χ4v) is 3.30. The van der Waals surface area contributed by atoms with E-state index in [1.54, 1.807) is 0 Å². The second-order valence-corrected chi connectivity index (χ2v) is 6.37. The summed E-state index contributed by atoms with van der Waals surface area (Å²) in [6.07, 6.45) is 6.74. The minimum atomic E-state index is 0.371. The number of halogens is 1. The lowest BCUT2D eigenvalue weighted by atomic mass is 10.1. The average molecular weight is 295 g/mol. The van der Waals surface area contributed by atoms with Gasteiger partial charge in [-0.05, 0) is 58.0 Å². The second-order valence-electron chi connectivity index (χ2n) is 5.97. The number of nitrogens with one attached hydrogen (secondary N) is 1. The Morgan fingerprint density at radius 2 is 2.00 bits per heavy atom. The van der Waals surface area contributed by atoms with E-state index in [0.29, 0.717) is 6.04 Å². The minimum Gasteiger partial charge on any atom is -0.314 e. The molecular weight excluding hydrogens is 268 g/mol. The van der Waals surface area contributed by atoms with Crippen molar-refractivity contribution in [1.82, 2.24) is 10.2 Å². The number of nitrogens with zero attached hydrogens (tertiary/aromatic N) is 1. The zero-order chi connectivity index (χ0) is 14.4. The van der Waals surface area contributed by atoms with Gasteiger partial charge in [-0.3, -0.25) is 4.90 Å². The van der Waals surface area contributed by atoms with Gasteiger partial charge in [0.25, 0.3) is 0 Å². The van der Waals surface area contributed by atoms with Crippen molar-refractivity contribution in [2.45, 2.75) is 51.1 Å². The summed E-state index contributed by atoms with van der Waals surface area (Å²) >= 11 is 6.27. The Morgan fingerprint density at radius 3 is 2.70 bits per heavy atom. The molecule has 1 aromatic carbocycles. The molecule has 0 bridgehead atoms. The van der Waals surface area contributed by atoms with Crippen molar-refractivity contribution in [2.24, 2.45) is 0 Å². The van der Waals surface area contributed by atoms with E-state index in [-0.39, 0.29) is 0 Å². The lowest BCUT2D eigenvalue weighted by Crippen LogP contribution is -2.30. The van der Waals surface area contributed by atoms with Crippen molar-refractivity contribution in [3.63, 3.8) is 0 Å². The van der Waals surface area contributed by atoms with Gasteiger partial charge in [0.2, 0.25) is 0 Å². The van der Waals surface area contributed by atoms with E-state index in [9.17, 15) is 0 Å². The van der Waals surface area contributed by atoms with Gasteiger partial charge >= 0.3 is 0 Å². The van der Waals surface area contributed by atoms with Gasteiger partial charge in [0.05, 0.1) is 0 Å². The third kappa shape index (κ3) is 4.47. The predicted octanol–water partition coefficient (Wildman–Crippen LogP) is 4.26. The van der Waals surface area contributed by atoms with Crippen LogP contribution in [0.4, 0.5) is 0 Å². The van der Waals surface area contributed by atoms with Gasteiger partial charge in [-0.25, -0.2) is 0 Å². The maximum absolute atomic E-state index is 6.27. The van der Waals surface area contributed by atoms with Gasteiger partial charge in [-0.15, -0.1) is 0 Å². The Morgan fingerprint density at radius 1 is 1.30 bits per heavy atom. The average Bonchev–Trinajstić information content (AvgIpc) is 2.96. The molecule has 0 heterocycles. The molecule has 3 heteroatoms. The van der Waals surface area contributed by atoms with Crippen molar-refractivity contribution in [1.29, 1.82) is 0 Å². The van der Waals surface area contributed by atoms with Crippen LogP contribution in [-0.4, -0.2) is 31.1 Å². The lowest BCUT2D eigenvalue weighted by molar-refractivity contribution is 0.256. The third-order valence-electron chi connectivity index (χ3n) is 4.49. The van der Waals surface area contributed by atoms with Crippen molar-refractivity contribution in [3.8, 4) is 0 Å². The first-order chi connectivity index (χ1) is 9.68. The summed E-state index contributed by atoms with van der Waals surface area (Å²) in [5, 5.41) is 4.55. The first kappa shape index (κ1) is 15.8. The fraction of sp³-hybridized carbons (Fsp3) is 0.647. The summed E-state index contributed by atoms with van der Waals surface area (Å²) < 4.78 is 0. The standard InChI is InChI=1S/C17H27ClN2/c1-14(16-10-5-6-11-17(16)18)20(2)13-7-12-19-15-8-3-4-9-15/h5-6,10-11,14-15,19H,3-4,7-9,12-13H2,1-2H3. The number of hydrogen-bond acceptors (Lipinski definition) is 2. The summed E-state index contributed by atoms with van der Waals surface area (Å²) in [6.45, 7) is 4.46. The first-order valence-electron chi connectivity index (χ1n) is 7.86. The molecule has 0 amide bonds. The number of benzene rings is 1. The Hall–Kier alpha value is -0.570. The largest absolute Gasteiger partial charge is 0.314 e. The van der Waals surface area contributed by atoms with Crippen LogP contribution in [-0.2, 0) is 0 Å². The van der Waals surface area contributed by atoms with Crippen LogP contribution in [0.2, 0.25) is 5.02 Å². The molecule has 0 aromatic heterocycles. The fourth-order valence-electron chi connectivity index (χ4n) is 3.01. The summed E-state index contributed by atoms with van der Waals surface area (Å²) in [7, 11) is 2.18. The highest BCUT2D eigenvalue weighted by atomic mass is 35.5. The van der Waals surface area contributed by atoms with Crippen LogP contribution in [0.3, 0.4) is 0 Å². The number of rotatable bonds is 7. The molecule has 20 heavy (non-hydrogen) atoms. The SMILES string of the molecule is CC(c1ccccc1Cl)N(C)CCCNC1CCCC1. The molecule has 1 saturated carbocycles. The predicted molar refractivity (Wildman–Crippen MR) is 87.4 cm³/mol. The molecular formula is C17H27ClN2. The highest BCUT2D eigenvalue weighted by Gasteiger charge is 2.15. The van der Waals surface area contributed by atoms with E-state index < -0.39 is 0 Å². The van der Waals surface area contributed by atoms with E-state index in [0.717, 1.165) is 24.2 Å². The van der Waals surface area contributed by atoms with Crippen molar-refractivity contribution >= 4 is 11.6 Å². The topological polar surface area (TPSA) is 15.3 Å². The molecule has 112 valence electrons. The zero-order valence-corrected chi connectivity index (χ0v) is 13.5. The van der Waals surface area contributed by atoms with Gasteiger partial charge in [0.1, 0.15) is 0 Å². The van der Waals surface area contributed by atoms with Gasteiger partial charge in [-0.2, -0.15) is 0 Å². The minimum absolute atomic E-state index is 0.371. The Balaban J connectivity index is 1.71. The van der Waals surface area contributed by atoms with Gasteiger partial charge in [-0.1, -0.05) is 42.6 Å². The van der Waals surface area contributed by atoms with Crippen LogP contribution in [0.5, 0.6) is 0 Å². The van der Waals surface area contributed by atoms with E-state index >= 15 is 0 Å². The molecule has 2 rings (SSSR count). The quantitative estimate of drug-likeness (QED) is 0.756. The van der Waals surface area contributed by atoms with Crippen LogP contribution in [0.25, 0.3) is 0 Å². The highest BCUT2D eigenvalue weighted by molar-refractivity contribution is 6.31. The van der Waals surface area contributed by atoms with E-state index in [2.05, 4.69) is 36.3 Å². The second kappa shape index (κ2) is 8.02. The molecule has 1 fully saturated rings. The van der Waals surface area contributed by atoms with Gasteiger partial charge < -0.3 is 5.32 Å². The smallest absolute Gasteiger partial charge is 0.0453 e. The van der Waals surface area contributed by atoms with Crippen LogP contribution in [0, 0.1) is 0 Å². The maximum Gasteiger partial charge on any atom is 0.0453 e. The zero-order valence-electron chi connectivity index (χ0n) is 12.7. The first-order valence-corrected chi connectivity index (χ1v) is 8.24. The van der Waals surface area contributed by atoms with E-state index in [4.69, 9.17) is 11.6 Å². The Bertz CT molecular complexity index is 402. The molecule has 0 aliphatic heterocycles. The molecule has 1 aliphatic carbocycles. The van der Waals surface area contributed by atoms with Crippen LogP contribution in [0.15, 0.2) is 24.3 Å². The maximum atomic E-state index is 6.27. The summed E-state index contributed by atoms with van der Waals surface area (Å²) in [6, 6.07) is 9.30. The van der Waals surface area contributed by atoms with Crippen molar-refractivity contribution in [3.05, 3.63) is 34.9 Å². The van der Waals surface area contributed by atoms with Gasteiger partial charge in [0.15, 0.2) is 0 Å². The molecule has 0 spiro atoms. The molecule has 1 unspecified atom stereocenters. The molecule has 1 N–H and O–H groups in total. The molecule has 1 atom stereocenters. The monoisotopic (exact) mass is 294 g/mol. The molecule has 1 aromatic rings. The molecule has 0 saturated heterocycles. The van der Waals surface area contributed by atoms with Crippen molar-refractivity contribution in [2.75, 3.05) is 20.1 Å². The van der Waals surface area contributed by atoms with Crippen LogP contribution in [0.1, 0.15) is 50.6 Å². The van der Waals surface area contributed by atoms with Crippen molar-refractivity contribution < 1.29 is 0 Å². The molecule has 1 aliphatic rings. The molecule has 2 nitrogen and oxygen atoms in total. The molecule has 0 radical (unpaired) electrons. The summed E-state index contributed by atoms with van der Waals surface area (Å²) in [5.74, 6) is 0. The Labute approximate surface area is 128 Å². The normalized spacial score (nSPS) is 17.8. The Kier molecular flexibility index (Phi) is 6.34. The van der Waals surface area contributed by atoms with Crippen LogP contribution < -0.4 is 5.32 Å². The summed E-state index contributed by atoms with van der Waals surface area (Å²) in [4.78, 5) is 2.39. The summed E-state index contributed by atoms with van der Waals surface area (Å²) in [5.41, 5.74) is 1.22. The number of hydrogen-bond donors (Lipinski definition) is 1. The van der Waals surface area contributed by atoms with E-state index in [1.165, 1.54) is 37.7 Å². The third-order valence-corrected chi connectivity index (χ3v) is 4.84. The van der Waals surface area contributed by atoms with Crippen LogP contribution >= 0.6 is 11.6 Å². The van der Waals surface area contributed by atoms with E-state index in [1.807, 2.05) is 12.1 Å². The lowest BCUT2D eigenvalue weighted by Gasteiger charge is -2.26. The highest BCUT2D eigenvalue weighted by Crippen LogP contribution is 2.26. The van der Waals surface area contributed by atoms with Gasteiger partial charge in [0, 0.05) is 17.1 Å².